The first-order chi connectivity index (χ1) is 9.55. The van der Waals surface area contributed by atoms with Crippen LogP contribution in [0.3, 0.4) is 0 Å². The van der Waals surface area contributed by atoms with E-state index < -0.39 is 0 Å². The number of likely N-dealkylation sites (N-methyl/N-ethyl adjacent to an activating group) is 1. The fraction of sp³-hybridized carbons (Fsp3) is 0.429. The number of methoxy groups -OCH3 is 1. The minimum Gasteiger partial charge on any atom is -0.495 e. The number of hydrogen-bond acceptors (Lipinski definition) is 4. The highest BCUT2D eigenvalue weighted by Crippen LogP contribution is 2.23. The van der Waals surface area contributed by atoms with E-state index in [1.807, 2.05) is 13.0 Å². The number of hydrogen-bond donors (Lipinski definition) is 1. The minimum absolute atomic E-state index is 0.0198. The van der Waals surface area contributed by atoms with E-state index in [9.17, 15) is 9.59 Å². The Labute approximate surface area is 118 Å². The smallest absolute Gasteiger partial charge is 0.242 e. The first-order valence-corrected chi connectivity index (χ1v) is 6.53. The summed E-state index contributed by atoms with van der Waals surface area (Å²) in [6, 6.07) is 5.38. The lowest BCUT2D eigenvalue weighted by Gasteiger charge is -2.33. The van der Waals surface area contributed by atoms with Gasteiger partial charge in [0.05, 0.1) is 19.3 Å². The van der Waals surface area contributed by atoms with E-state index in [0.717, 1.165) is 5.56 Å². The Balaban J connectivity index is 2.08. The lowest BCUT2D eigenvalue weighted by molar-refractivity contribution is -0.150. The van der Waals surface area contributed by atoms with Crippen LogP contribution in [0.2, 0.25) is 0 Å². The van der Waals surface area contributed by atoms with Gasteiger partial charge in [-0.1, -0.05) is 6.07 Å². The molecule has 0 unspecified atom stereocenters. The Morgan fingerprint density at radius 3 is 2.45 bits per heavy atom. The molecule has 1 saturated heterocycles. The second-order valence-electron chi connectivity index (χ2n) is 4.73. The lowest BCUT2D eigenvalue weighted by atomic mass is 10.1. The number of nitrogen functional groups attached to an aromatic ring is 1. The molecule has 1 aromatic rings. The molecular formula is C14H19N3O3. The van der Waals surface area contributed by atoms with Crippen LogP contribution in [0.1, 0.15) is 12.5 Å². The predicted molar refractivity (Wildman–Crippen MR) is 75.1 cm³/mol. The molecule has 20 heavy (non-hydrogen) atoms. The number of carbonyl (C=O) groups is 2. The number of nitrogens with zero attached hydrogens (tertiary/aromatic N) is 2. The zero-order valence-electron chi connectivity index (χ0n) is 11.8. The number of piperazine rings is 1. The maximum Gasteiger partial charge on any atom is 0.242 e. The largest absolute Gasteiger partial charge is 0.495 e. The Kier molecular flexibility index (Phi) is 4.12. The summed E-state index contributed by atoms with van der Waals surface area (Å²) in [5.74, 6) is 0.543. The Morgan fingerprint density at radius 1 is 1.20 bits per heavy atom. The van der Waals surface area contributed by atoms with Crippen molar-refractivity contribution in [3.63, 3.8) is 0 Å². The summed E-state index contributed by atoms with van der Waals surface area (Å²) < 4.78 is 5.09. The second kappa shape index (κ2) is 5.81. The summed E-state index contributed by atoms with van der Waals surface area (Å²) in [5.41, 5.74) is 7.25. The normalized spacial score (nSPS) is 15.7. The number of rotatable bonds is 4. The molecule has 2 N–H and O–H groups in total. The van der Waals surface area contributed by atoms with Gasteiger partial charge in [0.1, 0.15) is 12.3 Å². The van der Waals surface area contributed by atoms with E-state index in [1.165, 1.54) is 0 Å². The second-order valence-corrected chi connectivity index (χ2v) is 4.73. The zero-order chi connectivity index (χ0) is 14.7. The SMILES string of the molecule is CCN1CC(=O)N(Cc2ccc(OC)c(N)c2)CC1=O. The van der Waals surface area contributed by atoms with Gasteiger partial charge in [-0.25, -0.2) is 0 Å². The molecular weight excluding hydrogens is 258 g/mol. The third-order valence-corrected chi connectivity index (χ3v) is 3.41. The van der Waals surface area contributed by atoms with Crippen LogP contribution in [0, 0.1) is 0 Å². The third kappa shape index (κ3) is 2.84. The molecule has 1 aliphatic rings. The van der Waals surface area contributed by atoms with E-state index in [1.54, 1.807) is 29.0 Å². The summed E-state index contributed by atoms with van der Waals surface area (Å²) in [6.45, 7) is 3.09. The van der Waals surface area contributed by atoms with Crippen molar-refractivity contribution in [3.8, 4) is 5.75 Å². The lowest BCUT2D eigenvalue weighted by Crippen LogP contribution is -2.53. The van der Waals surface area contributed by atoms with E-state index in [2.05, 4.69) is 0 Å². The molecule has 0 bridgehead atoms. The van der Waals surface area contributed by atoms with Crippen LogP contribution in [-0.4, -0.2) is 48.4 Å². The highest BCUT2D eigenvalue weighted by atomic mass is 16.5. The third-order valence-electron chi connectivity index (χ3n) is 3.41. The summed E-state index contributed by atoms with van der Waals surface area (Å²) in [6.07, 6.45) is 0. The van der Waals surface area contributed by atoms with Gasteiger partial charge in [-0.05, 0) is 24.6 Å². The number of amides is 2. The van der Waals surface area contributed by atoms with Crippen molar-refractivity contribution in [1.29, 1.82) is 0 Å². The molecule has 108 valence electrons. The van der Waals surface area contributed by atoms with Crippen LogP contribution in [0.25, 0.3) is 0 Å². The predicted octanol–water partition coefficient (Wildman–Crippen LogP) is 0.468. The van der Waals surface area contributed by atoms with Crippen LogP contribution in [0.4, 0.5) is 5.69 Å². The molecule has 0 spiro atoms. The van der Waals surface area contributed by atoms with Gasteiger partial charge in [0, 0.05) is 13.1 Å². The van der Waals surface area contributed by atoms with Gasteiger partial charge in [0.2, 0.25) is 11.8 Å². The van der Waals surface area contributed by atoms with Crippen LogP contribution in [0.5, 0.6) is 5.75 Å². The van der Waals surface area contributed by atoms with E-state index in [-0.39, 0.29) is 24.9 Å². The first-order valence-electron chi connectivity index (χ1n) is 6.53. The zero-order valence-corrected chi connectivity index (χ0v) is 11.8. The quantitative estimate of drug-likeness (QED) is 0.812. The summed E-state index contributed by atoms with van der Waals surface area (Å²) in [7, 11) is 1.55. The van der Waals surface area contributed by atoms with Crippen molar-refractivity contribution in [2.45, 2.75) is 13.5 Å². The monoisotopic (exact) mass is 277 g/mol. The van der Waals surface area contributed by atoms with Gasteiger partial charge in [0.25, 0.3) is 0 Å². The van der Waals surface area contributed by atoms with Crippen molar-refractivity contribution in [1.82, 2.24) is 9.80 Å². The molecule has 0 atom stereocenters. The van der Waals surface area contributed by atoms with Crippen molar-refractivity contribution in [3.05, 3.63) is 23.8 Å². The van der Waals surface area contributed by atoms with Crippen LogP contribution in [-0.2, 0) is 16.1 Å². The highest BCUT2D eigenvalue weighted by Gasteiger charge is 2.28. The average molecular weight is 277 g/mol. The molecule has 1 heterocycles. The number of anilines is 1. The fourth-order valence-electron chi connectivity index (χ4n) is 2.24. The minimum atomic E-state index is -0.0409. The van der Waals surface area contributed by atoms with E-state index >= 15 is 0 Å². The average Bonchev–Trinajstić information content (AvgIpc) is 2.42. The number of ether oxygens (including phenoxy) is 1. The maximum absolute atomic E-state index is 12.0. The molecule has 0 aromatic heterocycles. The van der Waals surface area contributed by atoms with Gasteiger partial charge >= 0.3 is 0 Å². The molecule has 6 heteroatoms. The topological polar surface area (TPSA) is 75.9 Å². The van der Waals surface area contributed by atoms with Gasteiger partial charge in [-0.3, -0.25) is 9.59 Å². The molecule has 0 saturated carbocycles. The van der Waals surface area contributed by atoms with Gasteiger partial charge in [-0.2, -0.15) is 0 Å². The molecule has 6 nitrogen and oxygen atoms in total. The molecule has 1 aromatic carbocycles. The molecule has 0 radical (unpaired) electrons. The van der Waals surface area contributed by atoms with Crippen molar-refractivity contribution >= 4 is 17.5 Å². The first kappa shape index (κ1) is 14.2. The summed E-state index contributed by atoms with van der Waals surface area (Å²) in [4.78, 5) is 26.9. The number of benzene rings is 1. The van der Waals surface area contributed by atoms with E-state index in [4.69, 9.17) is 10.5 Å². The summed E-state index contributed by atoms with van der Waals surface area (Å²) >= 11 is 0. The van der Waals surface area contributed by atoms with Crippen LogP contribution < -0.4 is 10.5 Å². The van der Waals surface area contributed by atoms with Crippen LogP contribution in [0.15, 0.2) is 18.2 Å². The highest BCUT2D eigenvalue weighted by molar-refractivity contribution is 5.92. The molecule has 1 aliphatic heterocycles. The Morgan fingerprint density at radius 2 is 1.85 bits per heavy atom. The van der Waals surface area contributed by atoms with Gasteiger partial charge in [0.15, 0.2) is 0 Å². The molecule has 0 aliphatic carbocycles. The molecule has 2 rings (SSSR count). The molecule has 2 amide bonds. The maximum atomic E-state index is 12.0. The van der Waals surface area contributed by atoms with Gasteiger partial charge in [-0.15, -0.1) is 0 Å². The van der Waals surface area contributed by atoms with Crippen LogP contribution >= 0.6 is 0 Å². The fourth-order valence-corrected chi connectivity index (χ4v) is 2.24. The van der Waals surface area contributed by atoms with E-state index in [0.29, 0.717) is 24.5 Å². The Bertz CT molecular complexity index is 530. The number of nitrogens with two attached hydrogens (primary N) is 1. The van der Waals surface area contributed by atoms with Crippen molar-refractivity contribution < 1.29 is 14.3 Å². The number of carbonyl (C=O) groups excluding carboxylic acids is 2. The van der Waals surface area contributed by atoms with Crippen molar-refractivity contribution in [2.75, 3.05) is 32.5 Å². The standard InChI is InChI=1S/C14H19N3O3/c1-3-16-8-14(19)17(9-13(16)18)7-10-4-5-12(20-2)11(15)6-10/h4-6H,3,7-9,15H2,1-2H3. The van der Waals surface area contributed by atoms with Gasteiger partial charge < -0.3 is 20.3 Å². The molecule has 1 fully saturated rings. The summed E-state index contributed by atoms with van der Waals surface area (Å²) in [5, 5.41) is 0. The Hall–Kier alpha value is -2.24. The van der Waals surface area contributed by atoms with Crippen molar-refractivity contribution in [2.24, 2.45) is 0 Å².